The van der Waals surface area contributed by atoms with Crippen molar-refractivity contribution in [2.24, 2.45) is 4.99 Å². The van der Waals surface area contributed by atoms with E-state index in [1.807, 2.05) is 6.07 Å². The highest BCUT2D eigenvalue weighted by Crippen LogP contribution is 2.15. The number of aromatic nitrogens is 2. The molecule has 1 aromatic rings. The van der Waals surface area contributed by atoms with Crippen LogP contribution in [0.3, 0.4) is 0 Å². The third kappa shape index (κ3) is 4.00. The van der Waals surface area contributed by atoms with Gasteiger partial charge >= 0.3 is 0 Å². The lowest BCUT2D eigenvalue weighted by molar-refractivity contribution is 0.757. The van der Waals surface area contributed by atoms with Gasteiger partial charge in [-0.25, -0.2) is 15.0 Å². The van der Waals surface area contributed by atoms with Crippen molar-refractivity contribution < 1.29 is 0 Å². The monoisotopic (exact) mass is 256 g/mol. The van der Waals surface area contributed by atoms with Gasteiger partial charge in [-0.2, -0.15) is 5.26 Å². The minimum absolute atomic E-state index is 0.137. The molecule has 98 valence electrons. The number of nitrogens with zero attached hydrogens (tertiary/aromatic N) is 4. The van der Waals surface area contributed by atoms with Gasteiger partial charge in [0.05, 0.1) is 5.69 Å². The van der Waals surface area contributed by atoms with Crippen LogP contribution in [0.5, 0.6) is 0 Å². The number of nitriles is 1. The lowest BCUT2D eigenvalue weighted by Crippen LogP contribution is -2.12. The Morgan fingerprint density at radius 2 is 2.42 bits per heavy atom. The van der Waals surface area contributed by atoms with Crippen LogP contribution in [0.1, 0.15) is 31.0 Å². The third-order valence-electron chi connectivity index (χ3n) is 2.44. The van der Waals surface area contributed by atoms with Gasteiger partial charge in [-0.05, 0) is 12.6 Å². The quantitative estimate of drug-likeness (QED) is 0.476. The van der Waals surface area contributed by atoms with Crippen LogP contribution in [0.15, 0.2) is 29.3 Å². The summed E-state index contributed by atoms with van der Waals surface area (Å²) in [6.07, 6.45) is 4.72. The maximum atomic E-state index is 8.86. The van der Waals surface area contributed by atoms with Crippen LogP contribution in [0, 0.1) is 16.7 Å². The molecule has 0 saturated heterocycles. The van der Waals surface area contributed by atoms with E-state index in [0.717, 1.165) is 11.3 Å². The smallest absolute Gasteiger partial charge is 0.163 e. The summed E-state index contributed by atoms with van der Waals surface area (Å²) in [6, 6.07) is 1.89. The molecule has 1 aromatic heterocycles. The molecule has 1 rings (SSSR count). The first-order chi connectivity index (χ1) is 9.10. The van der Waals surface area contributed by atoms with Gasteiger partial charge in [0.25, 0.3) is 0 Å². The van der Waals surface area contributed by atoms with Gasteiger partial charge in [-0.1, -0.05) is 13.8 Å². The largest absolute Gasteiger partial charge is 0.386 e. The first kappa shape index (κ1) is 14.5. The summed E-state index contributed by atoms with van der Waals surface area (Å²) in [5.74, 6) is 0.149. The van der Waals surface area contributed by atoms with Crippen LogP contribution in [0.2, 0.25) is 0 Å². The van der Waals surface area contributed by atoms with E-state index in [4.69, 9.17) is 10.7 Å². The van der Waals surface area contributed by atoms with E-state index < -0.39 is 0 Å². The molecule has 0 fully saturated rings. The van der Waals surface area contributed by atoms with Gasteiger partial charge in [-0.15, -0.1) is 0 Å². The molecule has 0 aliphatic carbocycles. The maximum absolute atomic E-state index is 8.86. The molecule has 0 radical (unpaired) electrons. The minimum atomic E-state index is -0.150. The molecule has 0 saturated carbocycles. The van der Waals surface area contributed by atoms with Gasteiger partial charge in [0.2, 0.25) is 0 Å². The predicted molar refractivity (Wildman–Crippen MR) is 73.9 cm³/mol. The molecular weight excluding hydrogens is 240 g/mol. The van der Waals surface area contributed by atoms with E-state index >= 15 is 0 Å². The van der Waals surface area contributed by atoms with Gasteiger partial charge in [0.1, 0.15) is 18.0 Å². The van der Waals surface area contributed by atoms with Crippen molar-refractivity contribution in [3.8, 4) is 6.07 Å². The number of amidine groups is 1. The molecular formula is C13H16N6. The Morgan fingerprint density at radius 3 is 3.00 bits per heavy atom. The van der Waals surface area contributed by atoms with Gasteiger partial charge in [0, 0.05) is 24.5 Å². The molecule has 19 heavy (non-hydrogen) atoms. The molecule has 0 unspecified atom stereocenters. The minimum Gasteiger partial charge on any atom is -0.386 e. The van der Waals surface area contributed by atoms with Crippen molar-refractivity contribution in [2.45, 2.75) is 26.3 Å². The van der Waals surface area contributed by atoms with Crippen LogP contribution >= 0.6 is 0 Å². The molecule has 2 N–H and O–H groups in total. The highest BCUT2D eigenvalue weighted by Gasteiger charge is 2.07. The summed E-state index contributed by atoms with van der Waals surface area (Å²) in [6.45, 7) is 7.82. The second kappa shape index (κ2) is 7.01. The van der Waals surface area contributed by atoms with Crippen molar-refractivity contribution in [1.82, 2.24) is 15.3 Å². The van der Waals surface area contributed by atoms with Crippen molar-refractivity contribution in [3.63, 3.8) is 0 Å². The van der Waals surface area contributed by atoms with E-state index in [1.165, 1.54) is 12.5 Å². The molecule has 0 bridgehead atoms. The topological polar surface area (TPSA) is 97.8 Å². The van der Waals surface area contributed by atoms with E-state index in [0.29, 0.717) is 12.5 Å². The molecule has 0 spiro atoms. The molecule has 0 atom stereocenters. The second-order valence-electron chi connectivity index (χ2n) is 4.15. The van der Waals surface area contributed by atoms with Gasteiger partial charge in [0.15, 0.2) is 5.84 Å². The fourth-order valence-corrected chi connectivity index (χ4v) is 1.53. The Bertz CT molecular complexity index is 538. The maximum Gasteiger partial charge on any atom is 0.163 e. The average Bonchev–Trinajstić information content (AvgIpc) is 2.43. The summed E-state index contributed by atoms with van der Waals surface area (Å²) < 4.78 is 0. The van der Waals surface area contributed by atoms with E-state index in [2.05, 4.69) is 40.8 Å². The number of hydrogen-bond donors (Lipinski definition) is 2. The van der Waals surface area contributed by atoms with E-state index in [9.17, 15) is 0 Å². The van der Waals surface area contributed by atoms with Gasteiger partial charge < -0.3 is 5.32 Å². The highest BCUT2D eigenvalue weighted by atomic mass is 14.9. The summed E-state index contributed by atoms with van der Waals surface area (Å²) in [5, 5.41) is 19.2. The molecule has 0 amide bonds. The van der Waals surface area contributed by atoms with Crippen molar-refractivity contribution in [2.75, 3.05) is 0 Å². The normalized spacial score (nSPS) is 10.9. The first-order valence-electron chi connectivity index (χ1n) is 5.78. The highest BCUT2D eigenvalue weighted by molar-refractivity contribution is 6.01. The van der Waals surface area contributed by atoms with Crippen molar-refractivity contribution >= 4 is 12.6 Å². The van der Waals surface area contributed by atoms with Crippen molar-refractivity contribution in [3.05, 3.63) is 35.6 Å². The standard InChI is InChI=1S/C13H16N6/c1-9(2)12-11(7-18-8-19-12)6-17-5-10(4-14)13(15)16-3/h5,7-9,15,17H,3,6H2,1-2H3. The van der Waals surface area contributed by atoms with Crippen LogP contribution in [-0.4, -0.2) is 22.5 Å². The fourth-order valence-electron chi connectivity index (χ4n) is 1.53. The third-order valence-corrected chi connectivity index (χ3v) is 2.44. The number of aliphatic imine (C=N–C) groups is 1. The lowest BCUT2D eigenvalue weighted by Gasteiger charge is -2.10. The number of nitrogens with one attached hydrogen (secondary N) is 2. The summed E-state index contributed by atoms with van der Waals surface area (Å²) in [4.78, 5) is 11.6. The zero-order chi connectivity index (χ0) is 14.3. The van der Waals surface area contributed by atoms with Crippen LogP contribution in [0.4, 0.5) is 0 Å². The molecule has 0 aliphatic heterocycles. The number of rotatable bonds is 5. The van der Waals surface area contributed by atoms with Crippen LogP contribution in [-0.2, 0) is 6.54 Å². The Hall–Kier alpha value is -2.55. The Kier molecular flexibility index (Phi) is 5.35. The Morgan fingerprint density at radius 1 is 1.68 bits per heavy atom. The van der Waals surface area contributed by atoms with E-state index in [1.54, 1.807) is 6.20 Å². The summed E-state index contributed by atoms with van der Waals surface area (Å²) in [7, 11) is 0. The SMILES string of the molecule is C=NC(=N)C(C#N)=CNCc1cncnc1C(C)C. The number of hydrogen-bond acceptors (Lipinski definition) is 5. The Balaban J connectivity index is 2.78. The summed E-state index contributed by atoms with van der Waals surface area (Å²) >= 11 is 0. The molecule has 6 heteroatoms. The average molecular weight is 256 g/mol. The van der Waals surface area contributed by atoms with Gasteiger partial charge in [-0.3, -0.25) is 5.41 Å². The fraction of sp³-hybridized carbons (Fsp3) is 0.308. The first-order valence-corrected chi connectivity index (χ1v) is 5.78. The molecule has 1 heterocycles. The lowest BCUT2D eigenvalue weighted by atomic mass is 10.1. The van der Waals surface area contributed by atoms with E-state index in [-0.39, 0.29) is 11.4 Å². The van der Waals surface area contributed by atoms with Crippen LogP contribution < -0.4 is 5.32 Å². The Labute approximate surface area is 112 Å². The van der Waals surface area contributed by atoms with Crippen LogP contribution in [0.25, 0.3) is 0 Å². The van der Waals surface area contributed by atoms with Crippen molar-refractivity contribution in [1.29, 1.82) is 10.7 Å². The predicted octanol–water partition coefficient (Wildman–Crippen LogP) is 1.77. The molecule has 6 nitrogen and oxygen atoms in total. The zero-order valence-corrected chi connectivity index (χ0v) is 11.0. The second-order valence-corrected chi connectivity index (χ2v) is 4.15. The summed E-state index contributed by atoms with van der Waals surface area (Å²) in [5.41, 5.74) is 2.06. The molecule has 0 aliphatic rings. The zero-order valence-electron chi connectivity index (χ0n) is 11.0. The molecule has 0 aromatic carbocycles.